The summed E-state index contributed by atoms with van der Waals surface area (Å²) in [7, 11) is 1.59. The first-order valence-corrected chi connectivity index (χ1v) is 8.37. The van der Waals surface area contributed by atoms with E-state index in [4.69, 9.17) is 4.74 Å². The molecule has 0 bridgehead atoms. The Bertz CT molecular complexity index is 805. The highest BCUT2D eigenvalue weighted by Crippen LogP contribution is 2.36. The van der Waals surface area contributed by atoms with E-state index in [0.29, 0.717) is 16.3 Å². The topological polar surface area (TPSA) is 46.6 Å². The van der Waals surface area contributed by atoms with E-state index in [9.17, 15) is 9.59 Å². The molecule has 0 saturated carbocycles. The number of halogens is 1. The molecule has 0 unspecified atom stereocenters. The maximum atomic E-state index is 12.5. The molecule has 1 aliphatic heterocycles. The number of para-hydroxylation sites is 1. The number of imide groups is 1. The van der Waals surface area contributed by atoms with E-state index in [-0.39, 0.29) is 11.1 Å². The van der Waals surface area contributed by atoms with Gasteiger partial charge in [0, 0.05) is 0 Å². The van der Waals surface area contributed by atoms with Gasteiger partial charge in [0.05, 0.1) is 22.2 Å². The Morgan fingerprint density at radius 1 is 1.13 bits per heavy atom. The second-order valence-corrected chi connectivity index (χ2v) is 6.59. The minimum absolute atomic E-state index is 0.292. The average Bonchev–Trinajstić information content (AvgIpc) is 2.82. The molecule has 1 fully saturated rings. The van der Waals surface area contributed by atoms with Crippen LogP contribution in [0.5, 0.6) is 5.75 Å². The SMILES string of the molecule is COc1ccc(C=C2SC(=O)N(c3ccccc3)C2=O)cc1Br. The number of thioether (sulfide) groups is 1. The van der Waals surface area contributed by atoms with Gasteiger partial charge in [-0.3, -0.25) is 9.59 Å². The summed E-state index contributed by atoms with van der Waals surface area (Å²) in [6.45, 7) is 0. The molecule has 0 radical (unpaired) electrons. The lowest BCUT2D eigenvalue weighted by Gasteiger charge is -2.11. The van der Waals surface area contributed by atoms with Crippen molar-refractivity contribution < 1.29 is 14.3 Å². The molecule has 4 nitrogen and oxygen atoms in total. The van der Waals surface area contributed by atoms with Gasteiger partial charge in [0.15, 0.2) is 0 Å². The van der Waals surface area contributed by atoms with Crippen LogP contribution in [0.25, 0.3) is 6.08 Å². The number of ether oxygens (including phenoxy) is 1. The predicted molar refractivity (Wildman–Crippen MR) is 95.6 cm³/mol. The van der Waals surface area contributed by atoms with Crippen molar-refractivity contribution in [3.63, 3.8) is 0 Å². The van der Waals surface area contributed by atoms with Crippen LogP contribution in [0.1, 0.15) is 5.56 Å². The van der Waals surface area contributed by atoms with Crippen LogP contribution < -0.4 is 9.64 Å². The highest BCUT2D eigenvalue weighted by atomic mass is 79.9. The lowest BCUT2D eigenvalue weighted by Crippen LogP contribution is -2.27. The monoisotopic (exact) mass is 389 g/mol. The van der Waals surface area contributed by atoms with Crippen LogP contribution in [-0.2, 0) is 4.79 Å². The molecule has 3 rings (SSSR count). The molecular formula is C17H12BrNO3S. The summed E-state index contributed by atoms with van der Waals surface area (Å²) in [5.41, 5.74) is 1.39. The number of amides is 2. The fourth-order valence-electron chi connectivity index (χ4n) is 2.19. The molecule has 0 spiro atoms. The van der Waals surface area contributed by atoms with Crippen LogP contribution in [0.3, 0.4) is 0 Å². The summed E-state index contributed by atoms with van der Waals surface area (Å²) >= 11 is 4.35. The van der Waals surface area contributed by atoms with Crippen molar-refractivity contribution in [1.82, 2.24) is 0 Å². The van der Waals surface area contributed by atoms with Gasteiger partial charge in [-0.2, -0.15) is 0 Å². The quantitative estimate of drug-likeness (QED) is 0.713. The molecule has 116 valence electrons. The number of methoxy groups -OCH3 is 1. The summed E-state index contributed by atoms with van der Waals surface area (Å²) in [6.07, 6.45) is 1.71. The van der Waals surface area contributed by atoms with Crippen LogP contribution in [0.2, 0.25) is 0 Å². The predicted octanol–water partition coefficient (Wildman–Crippen LogP) is 4.70. The molecule has 2 aromatic carbocycles. The van der Waals surface area contributed by atoms with Crippen molar-refractivity contribution in [3.8, 4) is 5.75 Å². The summed E-state index contributed by atoms with van der Waals surface area (Å²) < 4.78 is 5.97. The van der Waals surface area contributed by atoms with Crippen molar-refractivity contribution in [1.29, 1.82) is 0 Å². The van der Waals surface area contributed by atoms with Crippen LogP contribution in [0.15, 0.2) is 57.9 Å². The van der Waals surface area contributed by atoms with E-state index in [1.807, 2.05) is 18.2 Å². The van der Waals surface area contributed by atoms with Gasteiger partial charge in [0.25, 0.3) is 11.1 Å². The third kappa shape index (κ3) is 3.18. The van der Waals surface area contributed by atoms with Crippen LogP contribution in [0, 0.1) is 0 Å². The van der Waals surface area contributed by atoms with E-state index < -0.39 is 0 Å². The van der Waals surface area contributed by atoms with Crippen LogP contribution in [-0.4, -0.2) is 18.3 Å². The normalized spacial score (nSPS) is 16.3. The Balaban J connectivity index is 1.91. The average molecular weight is 390 g/mol. The Hall–Kier alpha value is -2.05. The van der Waals surface area contributed by atoms with E-state index >= 15 is 0 Å². The summed E-state index contributed by atoms with van der Waals surface area (Å²) in [5.74, 6) is 0.401. The standard InChI is InChI=1S/C17H12BrNO3S/c1-22-14-8-7-11(9-13(14)18)10-15-16(20)19(17(21)23-15)12-5-3-2-4-6-12/h2-10H,1H3. The van der Waals surface area contributed by atoms with E-state index in [2.05, 4.69) is 15.9 Å². The van der Waals surface area contributed by atoms with Gasteiger partial charge in [-0.15, -0.1) is 0 Å². The summed E-state index contributed by atoms with van der Waals surface area (Å²) in [6, 6.07) is 14.4. The first-order chi connectivity index (χ1) is 11.1. The Labute approximate surface area is 146 Å². The zero-order chi connectivity index (χ0) is 16.4. The van der Waals surface area contributed by atoms with Gasteiger partial charge in [0.1, 0.15) is 5.75 Å². The maximum Gasteiger partial charge on any atom is 0.298 e. The zero-order valence-corrected chi connectivity index (χ0v) is 14.6. The van der Waals surface area contributed by atoms with Crippen molar-refractivity contribution in [2.75, 3.05) is 12.0 Å². The lowest BCUT2D eigenvalue weighted by molar-refractivity contribution is -0.113. The fraction of sp³-hybridized carbons (Fsp3) is 0.0588. The number of hydrogen-bond donors (Lipinski definition) is 0. The molecule has 0 N–H and O–H groups in total. The molecular weight excluding hydrogens is 378 g/mol. The Morgan fingerprint density at radius 2 is 1.87 bits per heavy atom. The van der Waals surface area contributed by atoms with Gasteiger partial charge in [-0.25, -0.2) is 4.90 Å². The van der Waals surface area contributed by atoms with Gasteiger partial charge < -0.3 is 4.74 Å². The van der Waals surface area contributed by atoms with Crippen molar-refractivity contribution in [2.24, 2.45) is 0 Å². The third-order valence-electron chi connectivity index (χ3n) is 3.28. The van der Waals surface area contributed by atoms with Gasteiger partial charge in [0.2, 0.25) is 0 Å². The van der Waals surface area contributed by atoms with Gasteiger partial charge >= 0.3 is 0 Å². The summed E-state index contributed by atoms with van der Waals surface area (Å²) in [5, 5.41) is -0.292. The van der Waals surface area contributed by atoms with Gasteiger partial charge in [-0.1, -0.05) is 24.3 Å². The van der Waals surface area contributed by atoms with Gasteiger partial charge in [-0.05, 0) is 63.6 Å². The molecule has 0 aromatic heterocycles. The summed E-state index contributed by atoms with van der Waals surface area (Å²) in [4.78, 5) is 26.2. The highest BCUT2D eigenvalue weighted by molar-refractivity contribution is 9.10. The lowest BCUT2D eigenvalue weighted by atomic mass is 10.2. The molecule has 2 amide bonds. The number of nitrogens with zero attached hydrogens (tertiary/aromatic N) is 1. The van der Waals surface area contributed by atoms with E-state index in [0.717, 1.165) is 21.8 Å². The van der Waals surface area contributed by atoms with Crippen molar-refractivity contribution in [2.45, 2.75) is 0 Å². The third-order valence-corrected chi connectivity index (χ3v) is 4.77. The number of benzene rings is 2. The van der Waals surface area contributed by atoms with Crippen molar-refractivity contribution in [3.05, 3.63) is 63.5 Å². The Morgan fingerprint density at radius 3 is 2.52 bits per heavy atom. The highest BCUT2D eigenvalue weighted by Gasteiger charge is 2.36. The number of hydrogen-bond acceptors (Lipinski definition) is 4. The Kier molecular flexibility index (Phi) is 4.54. The molecule has 0 aliphatic carbocycles. The zero-order valence-electron chi connectivity index (χ0n) is 12.2. The second-order valence-electron chi connectivity index (χ2n) is 4.75. The van der Waals surface area contributed by atoms with Crippen LogP contribution >= 0.6 is 27.7 Å². The van der Waals surface area contributed by atoms with E-state index in [1.54, 1.807) is 43.5 Å². The second kappa shape index (κ2) is 6.60. The van der Waals surface area contributed by atoms with Crippen molar-refractivity contribution >= 4 is 50.6 Å². The number of rotatable bonds is 3. The molecule has 1 aliphatic rings. The molecule has 1 saturated heterocycles. The minimum Gasteiger partial charge on any atom is -0.496 e. The molecule has 1 heterocycles. The minimum atomic E-state index is -0.307. The molecule has 6 heteroatoms. The fourth-order valence-corrected chi connectivity index (χ4v) is 3.59. The van der Waals surface area contributed by atoms with Crippen LogP contribution in [0.4, 0.5) is 10.5 Å². The largest absolute Gasteiger partial charge is 0.496 e. The molecule has 2 aromatic rings. The first-order valence-electron chi connectivity index (χ1n) is 6.76. The molecule has 23 heavy (non-hydrogen) atoms. The smallest absolute Gasteiger partial charge is 0.298 e. The maximum absolute atomic E-state index is 12.5. The number of anilines is 1. The van der Waals surface area contributed by atoms with E-state index in [1.165, 1.54) is 4.90 Å². The number of carbonyl (C=O) groups is 2. The number of carbonyl (C=O) groups excluding carboxylic acids is 2. The molecule has 0 atom stereocenters. The first kappa shape index (κ1) is 15.8.